The third kappa shape index (κ3) is 5.60. The number of amides is 1. The first-order chi connectivity index (χ1) is 6.09. The molecule has 4 heteroatoms. The zero-order valence-electron chi connectivity index (χ0n) is 8.67. The van der Waals surface area contributed by atoms with Gasteiger partial charge in [0.25, 0.3) is 0 Å². The second kappa shape index (κ2) is 6.86. The minimum absolute atomic E-state index is 0.0777. The molecule has 0 aliphatic carbocycles. The molecular weight excluding hydrogens is 168 g/mol. The van der Waals surface area contributed by atoms with Crippen LogP contribution >= 0.6 is 0 Å². The number of hydrogen-bond donors (Lipinski definition) is 2. The van der Waals surface area contributed by atoms with Crippen molar-refractivity contribution in [3.05, 3.63) is 0 Å². The fourth-order valence-corrected chi connectivity index (χ4v) is 0.849. The molecule has 78 valence electrons. The molecule has 0 saturated carbocycles. The van der Waals surface area contributed by atoms with E-state index in [0.717, 1.165) is 6.42 Å². The summed E-state index contributed by atoms with van der Waals surface area (Å²) >= 11 is 0. The Morgan fingerprint density at radius 2 is 2.15 bits per heavy atom. The molecule has 1 amide bonds. The van der Waals surface area contributed by atoms with Crippen LogP contribution in [0.5, 0.6) is 0 Å². The molecule has 13 heavy (non-hydrogen) atoms. The topological polar surface area (TPSA) is 64.3 Å². The van der Waals surface area contributed by atoms with Crippen LogP contribution < -0.4 is 11.1 Å². The van der Waals surface area contributed by atoms with Crippen LogP contribution in [0.4, 0.5) is 0 Å². The maximum Gasteiger partial charge on any atom is 0.237 e. The summed E-state index contributed by atoms with van der Waals surface area (Å²) in [4.78, 5) is 11.3. The lowest BCUT2D eigenvalue weighted by atomic mass is 10.1. The quantitative estimate of drug-likeness (QED) is 0.582. The second-order valence-electron chi connectivity index (χ2n) is 3.41. The SMILES string of the molecule is COCCCNC(=O)[C@H](N)C(C)C. The monoisotopic (exact) mass is 188 g/mol. The van der Waals surface area contributed by atoms with Crippen molar-refractivity contribution in [2.24, 2.45) is 11.7 Å². The molecule has 3 N–H and O–H groups in total. The van der Waals surface area contributed by atoms with E-state index in [2.05, 4.69) is 5.32 Å². The van der Waals surface area contributed by atoms with Gasteiger partial charge >= 0.3 is 0 Å². The third-order valence-electron chi connectivity index (χ3n) is 1.85. The molecule has 1 atom stereocenters. The van der Waals surface area contributed by atoms with Gasteiger partial charge in [-0.2, -0.15) is 0 Å². The maximum absolute atomic E-state index is 11.3. The number of carbonyl (C=O) groups is 1. The van der Waals surface area contributed by atoms with E-state index < -0.39 is 6.04 Å². The largest absolute Gasteiger partial charge is 0.385 e. The molecule has 0 unspecified atom stereocenters. The van der Waals surface area contributed by atoms with Crippen molar-refractivity contribution in [2.45, 2.75) is 26.3 Å². The molecule has 0 radical (unpaired) electrons. The molecule has 0 spiro atoms. The van der Waals surface area contributed by atoms with Crippen molar-refractivity contribution >= 4 is 5.91 Å². The Labute approximate surface area is 79.8 Å². The van der Waals surface area contributed by atoms with Gasteiger partial charge in [0.2, 0.25) is 5.91 Å². The van der Waals surface area contributed by atoms with E-state index in [9.17, 15) is 4.79 Å². The summed E-state index contributed by atoms with van der Waals surface area (Å²) in [6, 6.07) is -0.400. The summed E-state index contributed by atoms with van der Waals surface area (Å²) in [5, 5.41) is 2.75. The van der Waals surface area contributed by atoms with Crippen LogP contribution in [-0.2, 0) is 9.53 Å². The summed E-state index contributed by atoms with van der Waals surface area (Å²) < 4.78 is 4.85. The first-order valence-corrected chi connectivity index (χ1v) is 4.61. The van der Waals surface area contributed by atoms with E-state index in [0.29, 0.717) is 13.2 Å². The van der Waals surface area contributed by atoms with Crippen LogP contribution in [0.15, 0.2) is 0 Å². The number of rotatable bonds is 6. The van der Waals surface area contributed by atoms with Gasteiger partial charge in [-0.25, -0.2) is 0 Å². The molecule has 0 aliphatic heterocycles. The van der Waals surface area contributed by atoms with E-state index >= 15 is 0 Å². The Kier molecular flexibility index (Phi) is 6.54. The molecule has 0 aromatic carbocycles. The fourth-order valence-electron chi connectivity index (χ4n) is 0.849. The fraction of sp³-hybridized carbons (Fsp3) is 0.889. The maximum atomic E-state index is 11.3. The van der Waals surface area contributed by atoms with E-state index in [-0.39, 0.29) is 11.8 Å². The van der Waals surface area contributed by atoms with Crippen LogP contribution in [0.2, 0.25) is 0 Å². The predicted molar refractivity (Wildman–Crippen MR) is 52.3 cm³/mol. The minimum atomic E-state index is -0.400. The van der Waals surface area contributed by atoms with Crippen LogP contribution in [-0.4, -0.2) is 32.2 Å². The Morgan fingerprint density at radius 3 is 2.62 bits per heavy atom. The Morgan fingerprint density at radius 1 is 1.54 bits per heavy atom. The highest BCUT2D eigenvalue weighted by molar-refractivity contribution is 5.81. The molecule has 0 rings (SSSR count). The molecule has 0 aliphatic rings. The van der Waals surface area contributed by atoms with E-state index in [1.54, 1.807) is 7.11 Å². The van der Waals surface area contributed by atoms with Gasteiger partial charge in [-0.3, -0.25) is 4.79 Å². The molecule has 4 nitrogen and oxygen atoms in total. The average Bonchev–Trinajstić information content (AvgIpc) is 2.10. The van der Waals surface area contributed by atoms with Crippen LogP contribution in [0.25, 0.3) is 0 Å². The third-order valence-corrected chi connectivity index (χ3v) is 1.85. The van der Waals surface area contributed by atoms with Gasteiger partial charge in [0.15, 0.2) is 0 Å². The summed E-state index contributed by atoms with van der Waals surface area (Å²) in [5.74, 6) is 0.105. The van der Waals surface area contributed by atoms with Crippen molar-refractivity contribution in [1.82, 2.24) is 5.32 Å². The summed E-state index contributed by atoms with van der Waals surface area (Å²) in [5.41, 5.74) is 5.63. The lowest BCUT2D eigenvalue weighted by Crippen LogP contribution is -2.44. The van der Waals surface area contributed by atoms with E-state index in [1.165, 1.54) is 0 Å². The smallest absolute Gasteiger partial charge is 0.237 e. The molecule has 0 fully saturated rings. The van der Waals surface area contributed by atoms with E-state index in [1.807, 2.05) is 13.8 Å². The van der Waals surface area contributed by atoms with Crippen molar-refractivity contribution in [2.75, 3.05) is 20.3 Å². The molecule has 0 aromatic rings. The van der Waals surface area contributed by atoms with Gasteiger partial charge in [0.1, 0.15) is 0 Å². The molecule has 0 saturated heterocycles. The van der Waals surface area contributed by atoms with Gasteiger partial charge in [-0.1, -0.05) is 13.8 Å². The van der Waals surface area contributed by atoms with Gasteiger partial charge in [-0.05, 0) is 12.3 Å². The predicted octanol–water partition coefficient (Wildman–Crippen LogP) is 0.122. The Bertz CT molecular complexity index is 149. The standard InChI is InChI=1S/C9H20N2O2/c1-7(2)8(10)9(12)11-5-4-6-13-3/h7-8H,4-6,10H2,1-3H3,(H,11,12)/t8-/m1/s1. The number of nitrogens with one attached hydrogen (secondary N) is 1. The molecule has 0 bridgehead atoms. The van der Waals surface area contributed by atoms with Crippen LogP contribution in [0.3, 0.4) is 0 Å². The van der Waals surface area contributed by atoms with Crippen molar-refractivity contribution in [1.29, 1.82) is 0 Å². The summed E-state index contributed by atoms with van der Waals surface area (Å²) in [6.45, 7) is 5.16. The Hall–Kier alpha value is -0.610. The first kappa shape index (κ1) is 12.4. The van der Waals surface area contributed by atoms with Crippen LogP contribution in [0, 0.1) is 5.92 Å². The lowest BCUT2D eigenvalue weighted by Gasteiger charge is -2.14. The number of hydrogen-bond acceptors (Lipinski definition) is 3. The summed E-state index contributed by atoms with van der Waals surface area (Å²) in [6.07, 6.45) is 0.826. The molecule has 0 aromatic heterocycles. The normalized spacial score (nSPS) is 13.0. The van der Waals surface area contributed by atoms with Gasteiger partial charge in [0.05, 0.1) is 6.04 Å². The highest BCUT2D eigenvalue weighted by Gasteiger charge is 2.15. The average molecular weight is 188 g/mol. The number of carbonyl (C=O) groups excluding carboxylic acids is 1. The second-order valence-corrected chi connectivity index (χ2v) is 3.41. The van der Waals surface area contributed by atoms with Gasteiger partial charge in [-0.15, -0.1) is 0 Å². The number of ether oxygens (including phenoxy) is 1. The number of nitrogens with two attached hydrogens (primary N) is 1. The number of methoxy groups -OCH3 is 1. The van der Waals surface area contributed by atoms with Crippen molar-refractivity contribution in [3.63, 3.8) is 0 Å². The zero-order valence-corrected chi connectivity index (χ0v) is 8.67. The summed E-state index contributed by atoms with van der Waals surface area (Å²) in [7, 11) is 1.64. The van der Waals surface area contributed by atoms with Gasteiger partial charge in [0, 0.05) is 20.3 Å². The van der Waals surface area contributed by atoms with Gasteiger partial charge < -0.3 is 15.8 Å². The lowest BCUT2D eigenvalue weighted by molar-refractivity contribution is -0.123. The zero-order chi connectivity index (χ0) is 10.3. The van der Waals surface area contributed by atoms with E-state index in [4.69, 9.17) is 10.5 Å². The van der Waals surface area contributed by atoms with Crippen molar-refractivity contribution in [3.8, 4) is 0 Å². The Balaban J connectivity index is 3.50. The molecular formula is C9H20N2O2. The highest BCUT2D eigenvalue weighted by atomic mass is 16.5. The minimum Gasteiger partial charge on any atom is -0.385 e. The van der Waals surface area contributed by atoms with Crippen LogP contribution in [0.1, 0.15) is 20.3 Å². The van der Waals surface area contributed by atoms with Crippen molar-refractivity contribution < 1.29 is 9.53 Å². The molecule has 0 heterocycles. The first-order valence-electron chi connectivity index (χ1n) is 4.61. The highest BCUT2D eigenvalue weighted by Crippen LogP contribution is 1.97.